The van der Waals surface area contributed by atoms with E-state index in [-0.39, 0.29) is 0 Å². The van der Waals surface area contributed by atoms with Gasteiger partial charge in [-0.2, -0.15) is 4.98 Å². The molecule has 0 amide bonds. The highest BCUT2D eigenvalue weighted by molar-refractivity contribution is 5.66. The van der Waals surface area contributed by atoms with E-state index in [1.807, 2.05) is 0 Å². The van der Waals surface area contributed by atoms with Gasteiger partial charge in [-0.3, -0.25) is 0 Å². The molecule has 4 heteroatoms. The summed E-state index contributed by atoms with van der Waals surface area (Å²) in [6.45, 7) is 10.8. The Kier molecular flexibility index (Phi) is 5.07. The zero-order valence-corrected chi connectivity index (χ0v) is 17.2. The number of hydrogen-bond acceptors (Lipinski definition) is 4. The summed E-state index contributed by atoms with van der Waals surface area (Å²) in [6.07, 6.45) is 8.04. The number of aryl methyl sites for hydroxylation is 4. The fraction of sp³-hybridized carbons (Fsp3) is 0.565. The van der Waals surface area contributed by atoms with Crippen molar-refractivity contribution in [3.05, 3.63) is 40.1 Å². The first-order chi connectivity index (χ1) is 13.0. The van der Waals surface area contributed by atoms with E-state index in [4.69, 9.17) is 9.97 Å². The van der Waals surface area contributed by atoms with Crippen LogP contribution in [0.3, 0.4) is 0 Å². The Balaban J connectivity index is 1.59. The Morgan fingerprint density at radius 2 is 1.70 bits per heavy atom. The van der Waals surface area contributed by atoms with Crippen molar-refractivity contribution < 1.29 is 0 Å². The second-order valence-electron chi connectivity index (χ2n) is 8.53. The minimum Gasteiger partial charge on any atom is -0.356 e. The Morgan fingerprint density at radius 3 is 2.41 bits per heavy atom. The Bertz CT molecular complexity index is 814. The van der Waals surface area contributed by atoms with Crippen LogP contribution in [0.4, 0.5) is 17.5 Å². The van der Waals surface area contributed by atoms with E-state index in [1.54, 1.807) is 0 Å². The number of nitrogens with zero attached hydrogens (tertiary/aromatic N) is 3. The SMILES string of the molecule is Cc1cc(C)c(Nc2nc(C)c3c(n2)N(CC2CCCCC2)CC3)c(C)c1. The fourth-order valence-corrected chi connectivity index (χ4v) is 4.89. The largest absolute Gasteiger partial charge is 0.356 e. The van der Waals surface area contributed by atoms with Crippen molar-refractivity contribution in [3.63, 3.8) is 0 Å². The molecule has 1 aliphatic heterocycles. The fourth-order valence-electron chi connectivity index (χ4n) is 4.89. The van der Waals surface area contributed by atoms with Gasteiger partial charge in [0.2, 0.25) is 5.95 Å². The van der Waals surface area contributed by atoms with Gasteiger partial charge in [-0.25, -0.2) is 4.98 Å². The van der Waals surface area contributed by atoms with Crippen LogP contribution in [0.2, 0.25) is 0 Å². The monoisotopic (exact) mass is 364 g/mol. The van der Waals surface area contributed by atoms with Crippen LogP contribution in [0.5, 0.6) is 0 Å². The molecule has 1 aliphatic carbocycles. The van der Waals surface area contributed by atoms with Crippen LogP contribution in [-0.4, -0.2) is 23.1 Å². The lowest BCUT2D eigenvalue weighted by Gasteiger charge is -2.28. The van der Waals surface area contributed by atoms with Gasteiger partial charge < -0.3 is 10.2 Å². The molecule has 27 heavy (non-hydrogen) atoms. The van der Waals surface area contributed by atoms with E-state index < -0.39 is 0 Å². The molecule has 0 bridgehead atoms. The molecule has 0 spiro atoms. The molecule has 0 unspecified atom stereocenters. The Hall–Kier alpha value is -2.10. The van der Waals surface area contributed by atoms with Crippen molar-refractivity contribution in [2.75, 3.05) is 23.3 Å². The van der Waals surface area contributed by atoms with Gasteiger partial charge in [0.1, 0.15) is 5.82 Å². The highest BCUT2D eigenvalue weighted by Crippen LogP contribution is 2.33. The Labute approximate surface area is 163 Å². The summed E-state index contributed by atoms with van der Waals surface area (Å²) < 4.78 is 0. The number of aromatic nitrogens is 2. The maximum absolute atomic E-state index is 4.96. The molecule has 144 valence electrons. The second-order valence-corrected chi connectivity index (χ2v) is 8.53. The second kappa shape index (κ2) is 7.49. The summed E-state index contributed by atoms with van der Waals surface area (Å²) in [4.78, 5) is 12.3. The maximum Gasteiger partial charge on any atom is 0.229 e. The topological polar surface area (TPSA) is 41.1 Å². The number of hydrogen-bond donors (Lipinski definition) is 1. The zero-order valence-electron chi connectivity index (χ0n) is 17.2. The number of anilines is 3. The summed E-state index contributed by atoms with van der Waals surface area (Å²) in [6, 6.07) is 4.43. The van der Waals surface area contributed by atoms with Crippen molar-refractivity contribution in [1.29, 1.82) is 0 Å². The first kappa shape index (κ1) is 18.3. The van der Waals surface area contributed by atoms with Crippen LogP contribution >= 0.6 is 0 Å². The predicted molar refractivity (Wildman–Crippen MR) is 113 cm³/mol. The van der Waals surface area contributed by atoms with E-state index in [0.717, 1.165) is 48.6 Å². The molecular weight excluding hydrogens is 332 g/mol. The highest BCUT2D eigenvalue weighted by Gasteiger charge is 2.27. The van der Waals surface area contributed by atoms with Crippen molar-refractivity contribution in [3.8, 4) is 0 Å². The lowest BCUT2D eigenvalue weighted by atomic mass is 9.89. The van der Waals surface area contributed by atoms with E-state index in [1.165, 1.54) is 54.4 Å². The van der Waals surface area contributed by atoms with Gasteiger partial charge >= 0.3 is 0 Å². The Morgan fingerprint density at radius 1 is 1.00 bits per heavy atom. The van der Waals surface area contributed by atoms with Crippen LogP contribution < -0.4 is 10.2 Å². The summed E-state index contributed by atoms with van der Waals surface area (Å²) in [7, 11) is 0. The van der Waals surface area contributed by atoms with Crippen molar-refractivity contribution in [2.45, 2.75) is 66.2 Å². The van der Waals surface area contributed by atoms with E-state index in [0.29, 0.717) is 0 Å². The summed E-state index contributed by atoms with van der Waals surface area (Å²) in [5.41, 5.74) is 7.38. The average molecular weight is 365 g/mol. The smallest absolute Gasteiger partial charge is 0.229 e. The number of rotatable bonds is 4. The van der Waals surface area contributed by atoms with Gasteiger partial charge in [-0.05, 0) is 64.0 Å². The van der Waals surface area contributed by atoms with Crippen LogP contribution in [0, 0.1) is 33.6 Å². The third-order valence-electron chi connectivity index (χ3n) is 6.24. The zero-order chi connectivity index (χ0) is 19.0. The van der Waals surface area contributed by atoms with E-state index >= 15 is 0 Å². The molecular formula is C23H32N4. The van der Waals surface area contributed by atoms with Crippen LogP contribution in [0.15, 0.2) is 12.1 Å². The highest BCUT2D eigenvalue weighted by atomic mass is 15.2. The van der Waals surface area contributed by atoms with Crippen LogP contribution in [-0.2, 0) is 6.42 Å². The van der Waals surface area contributed by atoms with Crippen LogP contribution in [0.1, 0.15) is 60.1 Å². The normalized spacial score (nSPS) is 17.3. The number of benzene rings is 1. The molecule has 1 aromatic carbocycles. The average Bonchev–Trinajstić information content (AvgIpc) is 3.02. The van der Waals surface area contributed by atoms with Gasteiger partial charge in [0.15, 0.2) is 0 Å². The maximum atomic E-state index is 4.96. The molecule has 1 aromatic heterocycles. The molecule has 1 N–H and O–H groups in total. The van der Waals surface area contributed by atoms with Gasteiger partial charge in [0.25, 0.3) is 0 Å². The lowest BCUT2D eigenvalue weighted by Crippen LogP contribution is -2.29. The summed E-state index contributed by atoms with van der Waals surface area (Å²) >= 11 is 0. The molecule has 4 rings (SSSR count). The third kappa shape index (κ3) is 3.80. The summed E-state index contributed by atoms with van der Waals surface area (Å²) in [5.74, 6) is 2.73. The standard InChI is InChI=1S/C23H32N4/c1-15-12-16(2)21(17(3)13-15)25-23-24-18(4)20-10-11-27(22(20)26-23)14-19-8-6-5-7-9-19/h12-13,19H,5-11,14H2,1-4H3,(H,24,25,26). The minimum atomic E-state index is 0.733. The quantitative estimate of drug-likeness (QED) is 0.789. The van der Waals surface area contributed by atoms with Crippen molar-refractivity contribution in [1.82, 2.24) is 9.97 Å². The van der Waals surface area contributed by atoms with E-state index in [2.05, 4.69) is 50.0 Å². The molecule has 2 heterocycles. The van der Waals surface area contributed by atoms with Gasteiger partial charge in [-0.15, -0.1) is 0 Å². The molecule has 1 fully saturated rings. The van der Waals surface area contributed by atoms with Gasteiger partial charge in [-0.1, -0.05) is 37.0 Å². The van der Waals surface area contributed by atoms with Crippen molar-refractivity contribution in [2.24, 2.45) is 5.92 Å². The molecule has 2 aliphatic rings. The minimum absolute atomic E-state index is 0.733. The molecule has 0 radical (unpaired) electrons. The first-order valence-corrected chi connectivity index (χ1v) is 10.5. The predicted octanol–water partition coefficient (Wildman–Crippen LogP) is 5.40. The van der Waals surface area contributed by atoms with Crippen LogP contribution in [0.25, 0.3) is 0 Å². The van der Waals surface area contributed by atoms with Crippen molar-refractivity contribution >= 4 is 17.5 Å². The third-order valence-corrected chi connectivity index (χ3v) is 6.24. The molecule has 0 atom stereocenters. The van der Waals surface area contributed by atoms with Gasteiger partial charge in [0, 0.05) is 30.0 Å². The number of nitrogens with one attached hydrogen (secondary N) is 1. The lowest BCUT2D eigenvalue weighted by molar-refractivity contribution is 0.359. The molecule has 0 saturated heterocycles. The first-order valence-electron chi connectivity index (χ1n) is 10.5. The molecule has 4 nitrogen and oxygen atoms in total. The molecule has 2 aromatic rings. The van der Waals surface area contributed by atoms with E-state index in [9.17, 15) is 0 Å². The number of fused-ring (bicyclic) bond motifs is 1. The van der Waals surface area contributed by atoms with Gasteiger partial charge in [0.05, 0.1) is 0 Å². The molecule has 1 saturated carbocycles. The summed E-state index contributed by atoms with van der Waals surface area (Å²) in [5, 5.41) is 3.51.